The van der Waals surface area contributed by atoms with E-state index in [1.54, 1.807) is 37.2 Å². The van der Waals surface area contributed by atoms with Gasteiger partial charge in [-0.15, -0.1) is 0 Å². The number of sulfonamides is 1. The number of hydrogen-bond acceptors (Lipinski definition) is 4. The largest absolute Gasteiger partial charge is 0.347 e. The van der Waals surface area contributed by atoms with Crippen molar-refractivity contribution in [3.63, 3.8) is 0 Å². The van der Waals surface area contributed by atoms with Crippen LogP contribution in [0, 0.1) is 12.8 Å². The molecule has 0 aromatic heterocycles. The van der Waals surface area contributed by atoms with Crippen LogP contribution >= 0.6 is 0 Å². The van der Waals surface area contributed by atoms with Gasteiger partial charge in [-0.25, -0.2) is 8.42 Å². The molecule has 142 valence electrons. The molecule has 4 rings (SSSR count). The highest BCUT2D eigenvalue weighted by Crippen LogP contribution is 2.32. The minimum atomic E-state index is -3.67. The Hall–Kier alpha value is -1.93. The van der Waals surface area contributed by atoms with Gasteiger partial charge in [0.15, 0.2) is 0 Å². The number of aryl methyl sites for hydroxylation is 1. The van der Waals surface area contributed by atoms with Crippen molar-refractivity contribution < 1.29 is 18.0 Å². The topological polar surface area (TPSA) is 78.0 Å². The standard InChI is InChI=1S/C18H25N3O4S/c1-13-5-4-6-16(9-13)26(24,25)20-10-14-7-8-15(11-20)21(18(14)23)12-17(22)19(2)3/h4-6,9,14-15H,7-8,10-12H2,1-3H3/t14-,15+/m1/s1. The minimum Gasteiger partial charge on any atom is -0.347 e. The average Bonchev–Trinajstić information content (AvgIpc) is 2.88. The number of nitrogens with zero attached hydrogens (tertiary/aromatic N) is 3. The smallest absolute Gasteiger partial charge is 0.243 e. The second-order valence-corrected chi connectivity index (χ2v) is 9.26. The number of hydrogen-bond donors (Lipinski definition) is 0. The second kappa shape index (κ2) is 7.00. The van der Waals surface area contributed by atoms with Crippen molar-refractivity contribution in [1.29, 1.82) is 0 Å². The molecule has 0 saturated carbocycles. The highest BCUT2D eigenvalue weighted by Gasteiger charge is 2.44. The molecule has 2 amide bonds. The summed E-state index contributed by atoms with van der Waals surface area (Å²) < 4.78 is 27.6. The minimum absolute atomic E-state index is 0.00529. The van der Waals surface area contributed by atoms with E-state index in [1.807, 2.05) is 13.0 Å². The third kappa shape index (κ3) is 3.48. The average molecular weight is 379 g/mol. The summed E-state index contributed by atoms with van der Waals surface area (Å²) >= 11 is 0. The number of carbonyl (C=O) groups is 2. The second-order valence-electron chi connectivity index (χ2n) is 7.32. The van der Waals surface area contributed by atoms with Crippen molar-refractivity contribution in [2.75, 3.05) is 33.7 Å². The van der Waals surface area contributed by atoms with Gasteiger partial charge in [-0.2, -0.15) is 4.31 Å². The number of benzene rings is 1. The third-order valence-corrected chi connectivity index (χ3v) is 7.02. The van der Waals surface area contributed by atoms with Crippen molar-refractivity contribution in [3.8, 4) is 0 Å². The Morgan fingerprint density at radius 2 is 1.96 bits per heavy atom. The van der Waals surface area contributed by atoms with Crippen LogP contribution in [0.15, 0.2) is 29.2 Å². The molecule has 0 radical (unpaired) electrons. The van der Waals surface area contributed by atoms with E-state index in [0.717, 1.165) is 12.0 Å². The van der Waals surface area contributed by atoms with Crippen LogP contribution in [0.5, 0.6) is 0 Å². The summed E-state index contributed by atoms with van der Waals surface area (Å²) in [5.74, 6) is -0.652. The number of likely N-dealkylation sites (N-methyl/N-ethyl adjacent to an activating group) is 1. The molecule has 0 N–H and O–H groups in total. The van der Waals surface area contributed by atoms with Gasteiger partial charge in [0, 0.05) is 33.2 Å². The Morgan fingerprint density at radius 1 is 1.23 bits per heavy atom. The fourth-order valence-electron chi connectivity index (χ4n) is 3.62. The first-order chi connectivity index (χ1) is 12.2. The molecule has 2 bridgehead atoms. The lowest BCUT2D eigenvalue weighted by atomic mass is 9.94. The Kier molecular flexibility index (Phi) is 5.07. The molecule has 3 saturated heterocycles. The fourth-order valence-corrected chi connectivity index (χ4v) is 5.25. The van der Waals surface area contributed by atoms with Crippen LogP contribution in [-0.4, -0.2) is 74.1 Å². The molecule has 0 spiro atoms. The Bertz CT molecular complexity index is 821. The van der Waals surface area contributed by atoms with Gasteiger partial charge in [-0.05, 0) is 37.5 Å². The first-order valence-corrected chi connectivity index (χ1v) is 10.2. The molecular weight excluding hydrogens is 354 g/mol. The lowest BCUT2D eigenvalue weighted by Crippen LogP contribution is -2.51. The SMILES string of the molecule is Cc1cccc(S(=O)(=O)N2C[C@H]3CC[C@@H](C2)N(CC(=O)N(C)C)C3=O)c1. The van der Waals surface area contributed by atoms with Crippen LogP contribution in [0.2, 0.25) is 0 Å². The molecule has 3 heterocycles. The lowest BCUT2D eigenvalue weighted by molar-refractivity contribution is -0.145. The van der Waals surface area contributed by atoms with E-state index in [2.05, 4.69) is 0 Å². The molecule has 3 aliphatic heterocycles. The van der Waals surface area contributed by atoms with Crippen LogP contribution in [0.25, 0.3) is 0 Å². The molecule has 1 aromatic carbocycles. The summed E-state index contributed by atoms with van der Waals surface area (Å²) in [6, 6.07) is 6.55. The number of piperidine rings is 1. The summed E-state index contributed by atoms with van der Waals surface area (Å²) in [6.45, 7) is 2.27. The van der Waals surface area contributed by atoms with Gasteiger partial charge >= 0.3 is 0 Å². The quantitative estimate of drug-likeness (QED) is 0.771. The molecule has 0 aliphatic carbocycles. The van der Waals surface area contributed by atoms with E-state index in [-0.39, 0.29) is 48.3 Å². The van der Waals surface area contributed by atoms with Crippen LogP contribution in [0.1, 0.15) is 18.4 Å². The Morgan fingerprint density at radius 3 is 2.62 bits per heavy atom. The number of rotatable bonds is 4. The maximum absolute atomic E-state index is 13.1. The summed E-state index contributed by atoms with van der Waals surface area (Å²) in [7, 11) is -0.366. The van der Waals surface area contributed by atoms with Gasteiger partial charge in [-0.1, -0.05) is 12.1 Å². The Labute approximate surface area is 154 Å². The first-order valence-electron chi connectivity index (χ1n) is 8.77. The van der Waals surface area contributed by atoms with E-state index in [4.69, 9.17) is 0 Å². The number of fused-ring (bicyclic) bond motifs is 4. The van der Waals surface area contributed by atoms with Gasteiger partial charge in [0.2, 0.25) is 21.8 Å². The zero-order valence-electron chi connectivity index (χ0n) is 15.4. The van der Waals surface area contributed by atoms with Crippen molar-refractivity contribution in [2.24, 2.45) is 5.92 Å². The van der Waals surface area contributed by atoms with Gasteiger partial charge < -0.3 is 9.80 Å². The van der Waals surface area contributed by atoms with Gasteiger partial charge in [-0.3, -0.25) is 9.59 Å². The Balaban J connectivity index is 1.87. The normalized spacial score (nSPS) is 23.8. The van der Waals surface area contributed by atoms with Gasteiger partial charge in [0.1, 0.15) is 6.54 Å². The molecule has 26 heavy (non-hydrogen) atoms. The molecular formula is C18H25N3O4S. The third-order valence-electron chi connectivity index (χ3n) is 5.19. The fraction of sp³-hybridized carbons (Fsp3) is 0.556. The highest BCUT2D eigenvalue weighted by atomic mass is 32.2. The van der Waals surface area contributed by atoms with Crippen LogP contribution in [-0.2, 0) is 19.6 Å². The summed E-state index contributed by atoms with van der Waals surface area (Å²) in [5, 5.41) is 0. The highest BCUT2D eigenvalue weighted by molar-refractivity contribution is 7.89. The summed E-state index contributed by atoms with van der Waals surface area (Å²) in [6.07, 6.45) is 1.38. The van der Waals surface area contributed by atoms with E-state index < -0.39 is 10.0 Å². The van der Waals surface area contributed by atoms with Crippen LogP contribution in [0.3, 0.4) is 0 Å². The predicted molar refractivity (Wildman–Crippen MR) is 96.9 cm³/mol. The molecule has 0 unspecified atom stereocenters. The monoisotopic (exact) mass is 379 g/mol. The lowest BCUT2D eigenvalue weighted by Gasteiger charge is -2.36. The van der Waals surface area contributed by atoms with Gasteiger partial charge in [0.25, 0.3) is 0 Å². The van der Waals surface area contributed by atoms with Crippen molar-refractivity contribution in [1.82, 2.24) is 14.1 Å². The molecule has 7 nitrogen and oxygen atoms in total. The summed E-state index contributed by atoms with van der Waals surface area (Å²) in [5.41, 5.74) is 0.873. The van der Waals surface area contributed by atoms with E-state index in [1.165, 1.54) is 9.21 Å². The van der Waals surface area contributed by atoms with E-state index in [9.17, 15) is 18.0 Å². The van der Waals surface area contributed by atoms with Crippen molar-refractivity contribution in [3.05, 3.63) is 29.8 Å². The van der Waals surface area contributed by atoms with Crippen LogP contribution in [0.4, 0.5) is 0 Å². The van der Waals surface area contributed by atoms with Crippen LogP contribution < -0.4 is 0 Å². The molecule has 2 atom stereocenters. The van der Waals surface area contributed by atoms with E-state index in [0.29, 0.717) is 6.42 Å². The van der Waals surface area contributed by atoms with E-state index >= 15 is 0 Å². The summed E-state index contributed by atoms with van der Waals surface area (Å²) in [4.78, 5) is 28.1. The van der Waals surface area contributed by atoms with Crippen molar-refractivity contribution in [2.45, 2.75) is 30.7 Å². The maximum Gasteiger partial charge on any atom is 0.243 e. The predicted octanol–water partition coefficient (Wildman–Crippen LogP) is 0.695. The zero-order chi connectivity index (χ0) is 19.1. The first kappa shape index (κ1) is 18.8. The molecule has 1 aromatic rings. The molecule has 3 aliphatic rings. The maximum atomic E-state index is 13.1. The van der Waals surface area contributed by atoms with Crippen molar-refractivity contribution >= 4 is 21.8 Å². The molecule has 3 fully saturated rings. The van der Waals surface area contributed by atoms with Gasteiger partial charge in [0.05, 0.1) is 10.8 Å². The zero-order valence-corrected chi connectivity index (χ0v) is 16.2. The number of carbonyl (C=O) groups excluding carboxylic acids is 2. The number of amides is 2. The molecule has 8 heteroatoms.